The maximum Gasteiger partial charge on any atom is 0.123 e. The van der Waals surface area contributed by atoms with Crippen molar-refractivity contribution in [2.24, 2.45) is 0 Å². The van der Waals surface area contributed by atoms with Crippen molar-refractivity contribution in [3.63, 3.8) is 0 Å². The maximum atomic E-state index is 13.3. The van der Waals surface area contributed by atoms with Crippen molar-refractivity contribution in [2.45, 2.75) is 51.5 Å². The predicted octanol–water partition coefficient (Wildman–Crippen LogP) is 5.21. The van der Waals surface area contributed by atoms with Gasteiger partial charge in [-0.3, -0.25) is 0 Å². The Morgan fingerprint density at radius 1 is 1.22 bits per heavy atom. The van der Waals surface area contributed by atoms with Crippen LogP contribution < -0.4 is 5.32 Å². The van der Waals surface area contributed by atoms with Crippen LogP contribution in [0.1, 0.15) is 57.1 Å². The molecular formula is C15H23BrFN. The van der Waals surface area contributed by atoms with Crippen LogP contribution in [-0.2, 0) is 0 Å². The van der Waals surface area contributed by atoms with Gasteiger partial charge < -0.3 is 5.32 Å². The van der Waals surface area contributed by atoms with E-state index >= 15 is 0 Å². The molecule has 1 aromatic rings. The summed E-state index contributed by atoms with van der Waals surface area (Å²) in [4.78, 5) is 0. The van der Waals surface area contributed by atoms with E-state index < -0.39 is 0 Å². The SMILES string of the molecule is CCCCCCCC(NC)c1cc(F)ccc1Br. The van der Waals surface area contributed by atoms with E-state index in [1.165, 1.54) is 38.2 Å². The summed E-state index contributed by atoms with van der Waals surface area (Å²) in [5, 5.41) is 3.28. The topological polar surface area (TPSA) is 12.0 Å². The fourth-order valence-corrected chi connectivity index (χ4v) is 2.71. The zero-order valence-electron chi connectivity index (χ0n) is 11.3. The molecule has 0 heterocycles. The largest absolute Gasteiger partial charge is 0.313 e. The molecule has 1 nitrogen and oxygen atoms in total. The van der Waals surface area contributed by atoms with Crippen molar-refractivity contribution in [3.8, 4) is 0 Å². The number of rotatable bonds is 8. The molecule has 1 aromatic carbocycles. The van der Waals surface area contributed by atoms with E-state index in [0.29, 0.717) is 0 Å². The van der Waals surface area contributed by atoms with Gasteiger partial charge in [0.1, 0.15) is 5.82 Å². The first kappa shape index (κ1) is 15.6. The van der Waals surface area contributed by atoms with E-state index in [1.54, 1.807) is 12.1 Å². The Hall–Kier alpha value is -0.410. The minimum absolute atomic E-state index is 0.167. The Labute approximate surface area is 118 Å². The summed E-state index contributed by atoms with van der Waals surface area (Å²) in [6.45, 7) is 2.22. The van der Waals surface area contributed by atoms with Gasteiger partial charge in [0, 0.05) is 10.5 Å². The Balaban J connectivity index is 2.52. The molecule has 1 unspecified atom stereocenters. The van der Waals surface area contributed by atoms with Gasteiger partial charge in [0.25, 0.3) is 0 Å². The fraction of sp³-hybridized carbons (Fsp3) is 0.600. The first-order valence-electron chi connectivity index (χ1n) is 6.81. The number of unbranched alkanes of at least 4 members (excludes halogenated alkanes) is 4. The maximum absolute atomic E-state index is 13.3. The highest BCUT2D eigenvalue weighted by Crippen LogP contribution is 2.27. The van der Waals surface area contributed by atoms with Crippen LogP contribution in [0.2, 0.25) is 0 Å². The van der Waals surface area contributed by atoms with E-state index in [1.807, 2.05) is 7.05 Å². The lowest BCUT2D eigenvalue weighted by Crippen LogP contribution is -2.17. The van der Waals surface area contributed by atoms with Gasteiger partial charge in [0.05, 0.1) is 0 Å². The van der Waals surface area contributed by atoms with Gasteiger partial charge in [-0.15, -0.1) is 0 Å². The second kappa shape index (κ2) is 8.65. The van der Waals surface area contributed by atoms with Gasteiger partial charge in [0.15, 0.2) is 0 Å². The Kier molecular flexibility index (Phi) is 7.52. The van der Waals surface area contributed by atoms with Gasteiger partial charge in [-0.2, -0.15) is 0 Å². The van der Waals surface area contributed by atoms with Crippen molar-refractivity contribution < 1.29 is 4.39 Å². The molecule has 0 aromatic heterocycles. The molecule has 1 atom stereocenters. The van der Waals surface area contributed by atoms with Crippen LogP contribution in [0.3, 0.4) is 0 Å². The number of benzene rings is 1. The Morgan fingerprint density at radius 3 is 2.61 bits per heavy atom. The minimum atomic E-state index is -0.167. The van der Waals surface area contributed by atoms with E-state index in [-0.39, 0.29) is 11.9 Å². The van der Waals surface area contributed by atoms with Gasteiger partial charge in [-0.1, -0.05) is 55.0 Å². The van der Waals surface area contributed by atoms with E-state index in [4.69, 9.17) is 0 Å². The fourth-order valence-electron chi connectivity index (χ4n) is 2.19. The summed E-state index contributed by atoms with van der Waals surface area (Å²) >= 11 is 3.50. The van der Waals surface area contributed by atoms with Crippen LogP contribution in [-0.4, -0.2) is 7.05 Å². The second-order valence-electron chi connectivity index (χ2n) is 4.71. The summed E-state index contributed by atoms with van der Waals surface area (Å²) in [7, 11) is 1.94. The number of hydrogen-bond donors (Lipinski definition) is 1. The molecule has 0 fully saturated rings. The summed E-state index contributed by atoms with van der Waals surface area (Å²) in [5.74, 6) is -0.167. The third-order valence-electron chi connectivity index (χ3n) is 3.28. The standard InChI is InChI=1S/C15H23BrFN/c1-3-4-5-6-7-8-15(18-2)13-11-12(17)9-10-14(13)16/h9-11,15,18H,3-8H2,1-2H3. The number of halogens is 2. The lowest BCUT2D eigenvalue weighted by Gasteiger charge is -2.18. The summed E-state index contributed by atoms with van der Waals surface area (Å²) in [5.41, 5.74) is 1.02. The van der Waals surface area contributed by atoms with E-state index in [2.05, 4.69) is 28.2 Å². The van der Waals surface area contributed by atoms with Crippen LogP contribution in [0, 0.1) is 5.82 Å². The van der Waals surface area contributed by atoms with Crippen molar-refractivity contribution >= 4 is 15.9 Å². The smallest absolute Gasteiger partial charge is 0.123 e. The van der Waals surface area contributed by atoms with Gasteiger partial charge in [-0.05, 0) is 37.2 Å². The quantitative estimate of drug-likeness (QED) is 0.649. The zero-order valence-corrected chi connectivity index (χ0v) is 12.9. The normalized spacial score (nSPS) is 12.7. The average Bonchev–Trinajstić information content (AvgIpc) is 2.37. The van der Waals surface area contributed by atoms with Crippen LogP contribution >= 0.6 is 15.9 Å². The molecule has 0 amide bonds. The molecule has 0 bridgehead atoms. The lowest BCUT2D eigenvalue weighted by molar-refractivity contribution is 0.496. The van der Waals surface area contributed by atoms with Crippen LogP contribution in [0.15, 0.2) is 22.7 Å². The third-order valence-corrected chi connectivity index (χ3v) is 4.00. The molecular weight excluding hydrogens is 293 g/mol. The van der Waals surface area contributed by atoms with Gasteiger partial charge >= 0.3 is 0 Å². The molecule has 102 valence electrons. The Bertz CT molecular complexity index is 354. The molecule has 1 N–H and O–H groups in total. The zero-order chi connectivity index (χ0) is 13.4. The summed E-state index contributed by atoms with van der Waals surface area (Å²) < 4.78 is 14.3. The number of nitrogens with one attached hydrogen (secondary N) is 1. The molecule has 0 spiro atoms. The molecule has 18 heavy (non-hydrogen) atoms. The van der Waals surface area contributed by atoms with Crippen molar-refractivity contribution in [2.75, 3.05) is 7.05 Å². The predicted molar refractivity (Wildman–Crippen MR) is 79.3 cm³/mol. The van der Waals surface area contributed by atoms with Crippen LogP contribution in [0.5, 0.6) is 0 Å². The molecule has 0 radical (unpaired) electrons. The lowest BCUT2D eigenvalue weighted by atomic mass is 10.00. The Morgan fingerprint density at radius 2 is 1.94 bits per heavy atom. The highest BCUT2D eigenvalue weighted by molar-refractivity contribution is 9.10. The van der Waals surface area contributed by atoms with Crippen LogP contribution in [0.25, 0.3) is 0 Å². The van der Waals surface area contributed by atoms with Crippen molar-refractivity contribution in [1.82, 2.24) is 5.32 Å². The number of hydrogen-bond acceptors (Lipinski definition) is 1. The van der Waals surface area contributed by atoms with Crippen molar-refractivity contribution in [1.29, 1.82) is 0 Å². The molecule has 0 aliphatic heterocycles. The van der Waals surface area contributed by atoms with Gasteiger partial charge in [-0.25, -0.2) is 4.39 Å². The molecule has 0 saturated heterocycles. The highest BCUT2D eigenvalue weighted by atomic mass is 79.9. The molecule has 3 heteroatoms. The molecule has 0 saturated carbocycles. The summed E-state index contributed by atoms with van der Waals surface area (Å²) in [6, 6.07) is 5.13. The third kappa shape index (κ3) is 5.07. The highest BCUT2D eigenvalue weighted by Gasteiger charge is 2.13. The van der Waals surface area contributed by atoms with E-state index in [0.717, 1.165) is 16.5 Å². The molecule has 0 aliphatic carbocycles. The summed E-state index contributed by atoms with van der Waals surface area (Å²) in [6.07, 6.45) is 7.39. The second-order valence-corrected chi connectivity index (χ2v) is 5.56. The van der Waals surface area contributed by atoms with Gasteiger partial charge in [0.2, 0.25) is 0 Å². The monoisotopic (exact) mass is 315 g/mol. The van der Waals surface area contributed by atoms with Crippen molar-refractivity contribution in [3.05, 3.63) is 34.1 Å². The van der Waals surface area contributed by atoms with Crippen LogP contribution in [0.4, 0.5) is 4.39 Å². The first-order chi connectivity index (χ1) is 8.69. The first-order valence-corrected chi connectivity index (χ1v) is 7.60. The molecule has 0 aliphatic rings. The minimum Gasteiger partial charge on any atom is -0.313 e. The van der Waals surface area contributed by atoms with E-state index in [9.17, 15) is 4.39 Å². The average molecular weight is 316 g/mol. The molecule has 1 rings (SSSR count).